The van der Waals surface area contributed by atoms with E-state index in [4.69, 9.17) is 22.7 Å². The van der Waals surface area contributed by atoms with Gasteiger partial charge >= 0.3 is 6.09 Å². The number of ether oxygens (including phenoxy) is 1. The summed E-state index contributed by atoms with van der Waals surface area (Å²) in [4.78, 5) is 28.3. The topological polar surface area (TPSA) is 96.7 Å². The molecule has 1 saturated heterocycles. The number of hydrogen-bond acceptors (Lipinski definition) is 5. The molecule has 7 nitrogen and oxygen atoms in total. The fourth-order valence-electron chi connectivity index (χ4n) is 4.96. The molecule has 2 atom stereocenters. The molecule has 0 aromatic carbocycles. The number of hydrogen-bond donors (Lipinski definition) is 3. The monoisotopic (exact) mass is 482 g/mol. The van der Waals surface area contributed by atoms with Crippen LogP contribution in [0.1, 0.15) is 92.4 Å². The summed E-state index contributed by atoms with van der Waals surface area (Å²) >= 11 is 5.95. The molecule has 0 spiro atoms. The molecule has 0 unspecified atom stereocenters. The van der Waals surface area contributed by atoms with Crippen LogP contribution in [0.3, 0.4) is 0 Å². The van der Waals surface area contributed by atoms with Gasteiger partial charge in [0.05, 0.1) is 12.1 Å². The standard InChI is InChI=1S/C25H46N4O3S/c1-6-7-14-25(4,5)21(28-24(31)32-17(2)3)23(33)29-15-8-9-20(29)22(30)27-16-18-10-12-19(26)13-11-18/h17-21H,6-16,26H2,1-5H3,(H,27,30)(H,28,31)/t18?,19?,20-,21+/m0/s1. The third-order valence-corrected chi connectivity index (χ3v) is 7.57. The first-order valence-electron chi connectivity index (χ1n) is 12.9. The van der Waals surface area contributed by atoms with Gasteiger partial charge in [-0.2, -0.15) is 0 Å². The van der Waals surface area contributed by atoms with E-state index >= 15 is 0 Å². The zero-order valence-corrected chi connectivity index (χ0v) is 22.1. The van der Waals surface area contributed by atoms with Crippen molar-refractivity contribution in [1.82, 2.24) is 15.5 Å². The Bertz CT molecular complexity index is 662. The molecule has 2 amide bonds. The lowest BCUT2D eigenvalue weighted by atomic mass is 9.79. The number of likely N-dealkylation sites (tertiary alicyclic amines) is 1. The van der Waals surface area contributed by atoms with E-state index in [0.29, 0.717) is 23.5 Å². The number of unbranched alkanes of at least 4 members (excludes halogenated alkanes) is 1. The number of amides is 2. The Hall–Kier alpha value is -1.41. The van der Waals surface area contributed by atoms with Crippen LogP contribution in [0.4, 0.5) is 4.79 Å². The van der Waals surface area contributed by atoms with Crippen LogP contribution in [0.25, 0.3) is 0 Å². The van der Waals surface area contributed by atoms with Gasteiger partial charge in [-0.25, -0.2) is 4.79 Å². The highest BCUT2D eigenvalue weighted by Crippen LogP contribution is 2.32. The molecule has 0 bridgehead atoms. The van der Waals surface area contributed by atoms with E-state index in [2.05, 4.69) is 31.4 Å². The van der Waals surface area contributed by atoms with Crippen molar-refractivity contribution in [1.29, 1.82) is 0 Å². The highest BCUT2D eigenvalue weighted by Gasteiger charge is 2.41. The van der Waals surface area contributed by atoms with Crippen LogP contribution in [0.5, 0.6) is 0 Å². The van der Waals surface area contributed by atoms with Gasteiger partial charge in [-0.15, -0.1) is 0 Å². The molecule has 0 aromatic heterocycles. The SMILES string of the molecule is CCCCC(C)(C)[C@H](NC(=O)OC(C)C)C(=S)N1CCC[C@H]1C(=O)NCC1CCC(N)CC1. The second kappa shape index (κ2) is 12.9. The van der Waals surface area contributed by atoms with E-state index in [1.165, 1.54) is 0 Å². The Morgan fingerprint density at radius 1 is 1.18 bits per heavy atom. The first-order valence-corrected chi connectivity index (χ1v) is 13.3. The average molecular weight is 483 g/mol. The Balaban J connectivity index is 2.07. The van der Waals surface area contributed by atoms with Crippen molar-refractivity contribution in [2.75, 3.05) is 13.1 Å². The number of carbonyl (C=O) groups excluding carboxylic acids is 2. The van der Waals surface area contributed by atoms with Crippen molar-refractivity contribution in [3.05, 3.63) is 0 Å². The molecule has 1 heterocycles. The van der Waals surface area contributed by atoms with Crippen LogP contribution in [0, 0.1) is 11.3 Å². The number of carbonyl (C=O) groups is 2. The van der Waals surface area contributed by atoms with Crippen molar-refractivity contribution in [2.45, 2.75) is 117 Å². The number of nitrogens with zero attached hydrogens (tertiary/aromatic N) is 1. The summed E-state index contributed by atoms with van der Waals surface area (Å²) in [7, 11) is 0. The molecule has 33 heavy (non-hydrogen) atoms. The molecule has 1 saturated carbocycles. The molecule has 4 N–H and O–H groups in total. The number of thiocarbonyl (C=S) groups is 1. The lowest BCUT2D eigenvalue weighted by molar-refractivity contribution is -0.124. The van der Waals surface area contributed by atoms with E-state index < -0.39 is 6.09 Å². The van der Waals surface area contributed by atoms with Gasteiger partial charge < -0.3 is 26.0 Å². The fraction of sp³-hybridized carbons (Fsp3) is 0.880. The van der Waals surface area contributed by atoms with Crippen LogP contribution in [-0.4, -0.2) is 59.2 Å². The molecule has 2 rings (SSSR count). The predicted octanol–water partition coefficient (Wildman–Crippen LogP) is 4.13. The van der Waals surface area contributed by atoms with Gasteiger partial charge in [0.1, 0.15) is 11.0 Å². The summed E-state index contributed by atoms with van der Waals surface area (Å²) in [5.41, 5.74) is 5.76. The van der Waals surface area contributed by atoms with Gasteiger partial charge in [-0.1, -0.05) is 45.8 Å². The van der Waals surface area contributed by atoms with E-state index in [1.54, 1.807) is 0 Å². The van der Waals surface area contributed by atoms with Gasteiger partial charge in [-0.3, -0.25) is 4.79 Å². The molecule has 0 radical (unpaired) electrons. The Labute approximate surface area is 205 Å². The molecule has 2 fully saturated rings. The maximum Gasteiger partial charge on any atom is 0.407 e. The number of rotatable bonds is 10. The highest BCUT2D eigenvalue weighted by atomic mass is 32.1. The minimum Gasteiger partial charge on any atom is -0.447 e. The van der Waals surface area contributed by atoms with Gasteiger partial charge in [0.2, 0.25) is 5.91 Å². The zero-order valence-electron chi connectivity index (χ0n) is 21.3. The van der Waals surface area contributed by atoms with Gasteiger partial charge in [0.25, 0.3) is 0 Å². The fourth-order valence-corrected chi connectivity index (χ4v) is 5.55. The smallest absolute Gasteiger partial charge is 0.407 e. The number of nitrogens with two attached hydrogens (primary N) is 1. The van der Waals surface area contributed by atoms with E-state index in [1.807, 2.05) is 18.7 Å². The quantitative estimate of drug-likeness (QED) is 0.405. The Morgan fingerprint density at radius 3 is 2.45 bits per heavy atom. The van der Waals surface area contributed by atoms with Gasteiger partial charge in [-0.05, 0) is 70.1 Å². The molecular weight excluding hydrogens is 436 g/mol. The second-order valence-corrected chi connectivity index (χ2v) is 11.3. The normalized spacial score (nSPS) is 24.5. The van der Waals surface area contributed by atoms with Gasteiger partial charge in [0, 0.05) is 19.1 Å². The molecule has 1 aliphatic carbocycles. The lowest BCUT2D eigenvalue weighted by Gasteiger charge is -2.40. The minimum atomic E-state index is -0.461. The van der Waals surface area contributed by atoms with Crippen LogP contribution in [-0.2, 0) is 9.53 Å². The molecule has 0 aromatic rings. The van der Waals surface area contributed by atoms with Crippen molar-refractivity contribution >= 4 is 29.2 Å². The molecule has 2 aliphatic rings. The van der Waals surface area contributed by atoms with E-state index in [0.717, 1.165) is 64.3 Å². The largest absolute Gasteiger partial charge is 0.447 e. The van der Waals surface area contributed by atoms with E-state index in [-0.39, 0.29) is 29.5 Å². The number of nitrogens with one attached hydrogen (secondary N) is 2. The van der Waals surface area contributed by atoms with Crippen molar-refractivity contribution in [2.24, 2.45) is 17.1 Å². The summed E-state index contributed by atoms with van der Waals surface area (Å²) < 4.78 is 5.36. The summed E-state index contributed by atoms with van der Waals surface area (Å²) in [6.45, 7) is 11.5. The first-order chi connectivity index (χ1) is 15.5. The van der Waals surface area contributed by atoms with Crippen LogP contribution < -0.4 is 16.4 Å². The zero-order chi connectivity index (χ0) is 24.6. The Morgan fingerprint density at radius 2 is 1.85 bits per heavy atom. The Kier molecular flexibility index (Phi) is 10.9. The van der Waals surface area contributed by atoms with Crippen molar-refractivity contribution < 1.29 is 14.3 Å². The molecule has 8 heteroatoms. The predicted molar refractivity (Wildman–Crippen MR) is 137 cm³/mol. The highest BCUT2D eigenvalue weighted by molar-refractivity contribution is 7.80. The summed E-state index contributed by atoms with van der Waals surface area (Å²) in [6, 6.07) is -0.350. The van der Waals surface area contributed by atoms with Crippen LogP contribution in [0.15, 0.2) is 0 Å². The average Bonchev–Trinajstić information content (AvgIpc) is 3.24. The van der Waals surface area contributed by atoms with Gasteiger partial charge in [0.15, 0.2) is 0 Å². The third kappa shape index (κ3) is 8.39. The summed E-state index contributed by atoms with van der Waals surface area (Å²) in [5.74, 6) is 0.545. The molecule has 190 valence electrons. The van der Waals surface area contributed by atoms with Crippen molar-refractivity contribution in [3.63, 3.8) is 0 Å². The molecular formula is C25H46N4O3S. The maximum absolute atomic E-state index is 13.1. The lowest BCUT2D eigenvalue weighted by Crippen LogP contribution is -2.58. The van der Waals surface area contributed by atoms with E-state index in [9.17, 15) is 9.59 Å². The van der Waals surface area contributed by atoms with Crippen LogP contribution in [0.2, 0.25) is 0 Å². The number of alkyl carbamates (subject to hydrolysis) is 1. The third-order valence-electron chi connectivity index (χ3n) is 7.10. The molecule has 1 aliphatic heterocycles. The van der Waals surface area contributed by atoms with Crippen molar-refractivity contribution in [3.8, 4) is 0 Å². The maximum atomic E-state index is 13.1. The summed E-state index contributed by atoms with van der Waals surface area (Å²) in [6.07, 6.45) is 8.27. The first kappa shape index (κ1) is 27.8. The summed E-state index contributed by atoms with van der Waals surface area (Å²) in [5, 5.41) is 6.21. The van der Waals surface area contributed by atoms with Crippen LogP contribution >= 0.6 is 12.2 Å². The minimum absolute atomic E-state index is 0.0413. The second-order valence-electron chi connectivity index (χ2n) is 10.8.